The van der Waals surface area contributed by atoms with Gasteiger partial charge in [0.2, 0.25) is 5.83 Å². The molecule has 0 spiro atoms. The molecule has 0 aliphatic rings. The molecular formula is C7F13IO. The summed E-state index contributed by atoms with van der Waals surface area (Å²) in [7, 11) is 0. The number of ether oxygens (including phenoxy) is 1. The second-order valence-electron chi connectivity index (χ2n) is 3.36. The van der Waals surface area contributed by atoms with E-state index < -0.39 is 62.5 Å². The van der Waals surface area contributed by atoms with Crippen molar-refractivity contribution in [2.45, 2.75) is 28.0 Å². The molecular weight excluding hydrogens is 474 g/mol. The molecule has 0 aromatic carbocycles. The summed E-state index contributed by atoms with van der Waals surface area (Å²) in [4.78, 5) is 0. The molecule has 0 bridgehead atoms. The molecule has 0 aromatic heterocycles. The van der Waals surface area contributed by atoms with Crippen LogP contribution in [0.1, 0.15) is 0 Å². The van der Waals surface area contributed by atoms with Crippen LogP contribution >= 0.6 is 22.6 Å². The fourth-order valence-electron chi connectivity index (χ4n) is 0.785. The lowest BCUT2D eigenvalue weighted by atomic mass is 10.1. The van der Waals surface area contributed by atoms with Crippen molar-refractivity contribution in [3.05, 3.63) is 11.9 Å². The first-order valence-electron chi connectivity index (χ1n) is 4.30. The Hall–Kier alpha value is -0.480. The number of hydrogen-bond acceptors (Lipinski definition) is 1. The fraction of sp³-hybridized carbons (Fsp3) is 0.714. The van der Waals surface area contributed by atoms with E-state index in [1.165, 1.54) is 0 Å². The summed E-state index contributed by atoms with van der Waals surface area (Å²) in [6, 6.07) is 0. The quantitative estimate of drug-likeness (QED) is 0.288. The molecule has 0 amide bonds. The molecule has 1 nitrogen and oxygen atoms in total. The Balaban J connectivity index is 6.28. The van der Waals surface area contributed by atoms with Gasteiger partial charge in [0.15, 0.2) is 0 Å². The average Bonchev–Trinajstić information content (AvgIpc) is 2.23. The van der Waals surface area contributed by atoms with Crippen molar-refractivity contribution < 1.29 is 61.8 Å². The smallest absolute Gasteiger partial charge is 0.265 e. The van der Waals surface area contributed by atoms with Gasteiger partial charge in [-0.3, -0.25) is 4.74 Å². The van der Waals surface area contributed by atoms with Crippen LogP contribution in [0.5, 0.6) is 0 Å². The van der Waals surface area contributed by atoms with Crippen molar-refractivity contribution in [3.8, 4) is 0 Å². The van der Waals surface area contributed by atoms with E-state index in [2.05, 4.69) is 0 Å². The molecule has 0 heterocycles. The number of halogens is 14. The maximum Gasteiger partial charge on any atom is 0.460 e. The Morgan fingerprint density at radius 2 is 1.09 bits per heavy atom. The maximum atomic E-state index is 13.3. The highest BCUT2D eigenvalue weighted by molar-refractivity contribution is 14.1. The van der Waals surface area contributed by atoms with Gasteiger partial charge in [-0.15, -0.1) is 0 Å². The number of hydrogen-bond donors (Lipinski definition) is 0. The van der Waals surface area contributed by atoms with Gasteiger partial charge >= 0.3 is 34.1 Å². The van der Waals surface area contributed by atoms with Crippen molar-refractivity contribution in [2.24, 2.45) is 0 Å². The Morgan fingerprint density at radius 1 is 0.727 bits per heavy atom. The summed E-state index contributed by atoms with van der Waals surface area (Å²) in [5, 5.41) is 0. The predicted molar refractivity (Wildman–Crippen MR) is 50.2 cm³/mol. The van der Waals surface area contributed by atoms with E-state index >= 15 is 0 Å². The van der Waals surface area contributed by atoms with Gasteiger partial charge in [0.05, 0.1) is 0 Å². The van der Waals surface area contributed by atoms with Crippen LogP contribution in [0.15, 0.2) is 11.9 Å². The molecule has 0 radical (unpaired) electrons. The lowest BCUT2D eigenvalue weighted by molar-refractivity contribution is -0.442. The molecule has 0 aromatic rings. The Bertz CT molecular complexity index is 444. The monoisotopic (exact) mass is 474 g/mol. The van der Waals surface area contributed by atoms with Crippen molar-refractivity contribution in [1.82, 2.24) is 0 Å². The highest BCUT2D eigenvalue weighted by Gasteiger charge is 2.79. The molecule has 1 atom stereocenters. The van der Waals surface area contributed by atoms with E-state index in [1.54, 1.807) is 0 Å². The summed E-state index contributed by atoms with van der Waals surface area (Å²) >= 11 is -0.578. The van der Waals surface area contributed by atoms with Crippen LogP contribution in [-0.4, -0.2) is 28.0 Å². The zero-order chi connectivity index (χ0) is 18.4. The predicted octanol–water partition coefficient (Wildman–Crippen LogP) is 5.56. The minimum absolute atomic E-state index is 0.578. The van der Waals surface area contributed by atoms with Gasteiger partial charge in [0.1, 0.15) is 0 Å². The summed E-state index contributed by atoms with van der Waals surface area (Å²) in [6.45, 7) is 0. The van der Waals surface area contributed by atoms with E-state index in [4.69, 9.17) is 0 Å². The molecule has 0 aliphatic carbocycles. The van der Waals surface area contributed by atoms with E-state index in [0.717, 1.165) is 0 Å². The van der Waals surface area contributed by atoms with Gasteiger partial charge in [-0.1, -0.05) is 0 Å². The van der Waals surface area contributed by atoms with Crippen LogP contribution in [0.2, 0.25) is 0 Å². The topological polar surface area (TPSA) is 9.23 Å². The first-order chi connectivity index (χ1) is 9.31. The van der Waals surface area contributed by atoms with Crippen LogP contribution in [0, 0.1) is 0 Å². The van der Waals surface area contributed by atoms with Crippen molar-refractivity contribution >= 4 is 22.6 Å². The van der Waals surface area contributed by atoms with Crippen LogP contribution in [-0.2, 0) is 4.74 Å². The average molecular weight is 474 g/mol. The van der Waals surface area contributed by atoms with E-state index in [-0.39, 0.29) is 0 Å². The van der Waals surface area contributed by atoms with Crippen molar-refractivity contribution in [1.29, 1.82) is 0 Å². The highest BCUT2D eigenvalue weighted by Crippen LogP contribution is 2.55. The van der Waals surface area contributed by atoms with Crippen LogP contribution in [0.4, 0.5) is 57.1 Å². The largest absolute Gasteiger partial charge is 0.460 e. The second kappa shape index (κ2) is 5.86. The third-order valence-corrected chi connectivity index (χ3v) is 2.43. The molecule has 0 fully saturated rings. The van der Waals surface area contributed by atoms with Crippen LogP contribution in [0.25, 0.3) is 0 Å². The SMILES string of the molecule is FC(F)=C(F)C(F)(OC(F)(F)C(F)(F)I)C(F)(F)C(F)(F)F. The maximum absolute atomic E-state index is 13.3. The first kappa shape index (κ1) is 21.5. The van der Waals surface area contributed by atoms with Gasteiger partial charge < -0.3 is 0 Å². The Morgan fingerprint density at radius 3 is 1.32 bits per heavy atom. The zero-order valence-corrected chi connectivity index (χ0v) is 11.4. The molecule has 132 valence electrons. The fourth-order valence-corrected chi connectivity index (χ4v) is 0.895. The van der Waals surface area contributed by atoms with Gasteiger partial charge in [-0.05, 0) is 0 Å². The van der Waals surface area contributed by atoms with Gasteiger partial charge in [0, 0.05) is 22.6 Å². The van der Waals surface area contributed by atoms with Gasteiger partial charge in [-0.25, -0.2) is 0 Å². The van der Waals surface area contributed by atoms with E-state index in [1.807, 2.05) is 4.74 Å². The summed E-state index contributed by atoms with van der Waals surface area (Å²) in [6.07, 6.45) is -18.0. The normalized spacial score (nSPS) is 17.2. The summed E-state index contributed by atoms with van der Waals surface area (Å²) < 4.78 is 156. The lowest BCUT2D eigenvalue weighted by Gasteiger charge is -2.35. The molecule has 0 aliphatic heterocycles. The second-order valence-corrected chi connectivity index (χ2v) is 4.71. The molecule has 0 N–H and O–H groups in total. The Kier molecular flexibility index (Phi) is 5.73. The highest BCUT2D eigenvalue weighted by atomic mass is 127. The number of rotatable bonds is 5. The summed E-state index contributed by atoms with van der Waals surface area (Å²) in [5.41, 5.74) is 0. The van der Waals surface area contributed by atoms with Crippen molar-refractivity contribution in [3.63, 3.8) is 0 Å². The molecule has 0 saturated carbocycles. The molecule has 15 heteroatoms. The van der Waals surface area contributed by atoms with Gasteiger partial charge in [0.25, 0.3) is 0 Å². The van der Waals surface area contributed by atoms with E-state index in [0.29, 0.717) is 0 Å². The molecule has 0 saturated heterocycles. The third kappa shape index (κ3) is 3.70. The van der Waals surface area contributed by atoms with Crippen LogP contribution < -0.4 is 0 Å². The lowest BCUT2D eigenvalue weighted by Crippen LogP contribution is -2.60. The number of alkyl halides is 11. The third-order valence-electron chi connectivity index (χ3n) is 1.81. The van der Waals surface area contributed by atoms with E-state index in [9.17, 15) is 57.1 Å². The minimum Gasteiger partial charge on any atom is -0.265 e. The standard InChI is InChI=1S/C7F13IO/c8-1(2(9)10)3(11,4(12,13)5(14,15)16)22-7(19,20)6(17,18)21. The minimum atomic E-state index is -7.35. The van der Waals surface area contributed by atoms with Crippen molar-refractivity contribution in [2.75, 3.05) is 0 Å². The molecule has 1 unspecified atom stereocenters. The zero-order valence-electron chi connectivity index (χ0n) is 9.20. The molecule has 0 rings (SSSR count). The first-order valence-corrected chi connectivity index (χ1v) is 5.38. The Labute approximate surface area is 125 Å². The molecule has 22 heavy (non-hydrogen) atoms. The van der Waals surface area contributed by atoms with Crippen LogP contribution in [0.3, 0.4) is 0 Å². The van der Waals surface area contributed by atoms with Gasteiger partial charge in [-0.2, -0.15) is 57.1 Å². The summed E-state index contributed by atoms with van der Waals surface area (Å²) in [5.74, 6) is -18.7.